The Labute approximate surface area is 157 Å². The third-order valence-corrected chi connectivity index (χ3v) is 10.2. The monoisotopic (exact) mass is 368 g/mol. The maximum absolute atomic E-state index is 11.1. The van der Waals surface area contributed by atoms with Crippen molar-refractivity contribution in [1.29, 1.82) is 0 Å². The average Bonchev–Trinajstić information content (AvgIpc) is 2.59. The van der Waals surface area contributed by atoms with Crippen molar-refractivity contribution in [3.63, 3.8) is 0 Å². The Hall–Kier alpha value is -1.91. The van der Waals surface area contributed by atoms with Crippen molar-refractivity contribution in [3.05, 3.63) is 60.7 Å². The Balaban J connectivity index is 2.01. The summed E-state index contributed by atoms with van der Waals surface area (Å²) in [6.07, 6.45) is 1.26. The quantitative estimate of drug-likeness (QED) is 0.577. The van der Waals surface area contributed by atoms with Gasteiger partial charge in [-0.3, -0.25) is 4.79 Å². The Morgan fingerprint density at radius 1 is 1.04 bits per heavy atom. The molecule has 0 aromatic heterocycles. The number of ether oxygens (including phenoxy) is 1. The molecule has 1 heterocycles. The average molecular weight is 369 g/mol. The number of cyclic esters (lactones) is 1. The van der Waals surface area contributed by atoms with Gasteiger partial charge >= 0.3 is 5.97 Å². The van der Waals surface area contributed by atoms with E-state index in [4.69, 9.17) is 9.16 Å². The van der Waals surface area contributed by atoms with Gasteiger partial charge < -0.3 is 9.16 Å². The predicted octanol–water partition coefficient (Wildman–Crippen LogP) is 3.66. The highest BCUT2D eigenvalue weighted by molar-refractivity contribution is 6.99. The molecule has 4 heteroatoms. The maximum Gasteiger partial charge on any atom is 0.309 e. The van der Waals surface area contributed by atoms with E-state index in [1.807, 2.05) is 12.1 Å². The van der Waals surface area contributed by atoms with Crippen LogP contribution in [0.25, 0.3) is 0 Å². The number of benzene rings is 2. The fourth-order valence-corrected chi connectivity index (χ4v) is 8.62. The summed E-state index contributed by atoms with van der Waals surface area (Å²) in [5.74, 6) is -0.104. The van der Waals surface area contributed by atoms with E-state index in [0.717, 1.165) is 6.42 Å². The van der Waals surface area contributed by atoms with Gasteiger partial charge in [-0.25, -0.2) is 0 Å². The van der Waals surface area contributed by atoms with Crippen LogP contribution in [-0.2, 0) is 14.0 Å². The van der Waals surface area contributed by atoms with Crippen LogP contribution in [0.1, 0.15) is 40.5 Å². The molecule has 1 aliphatic rings. The summed E-state index contributed by atoms with van der Waals surface area (Å²) in [6, 6.07) is 21.2. The highest BCUT2D eigenvalue weighted by Gasteiger charge is 2.51. The number of carbonyl (C=O) groups excluding carboxylic acids is 1. The molecule has 2 atom stereocenters. The Morgan fingerprint density at radius 2 is 1.50 bits per heavy atom. The molecule has 0 radical (unpaired) electrons. The highest BCUT2D eigenvalue weighted by Crippen LogP contribution is 2.38. The first kappa shape index (κ1) is 18.9. The number of hydrogen-bond donors (Lipinski definition) is 0. The first-order valence-corrected chi connectivity index (χ1v) is 11.2. The van der Waals surface area contributed by atoms with Crippen LogP contribution in [0.5, 0.6) is 0 Å². The number of rotatable bonds is 6. The lowest BCUT2D eigenvalue weighted by atomic mass is 10.1. The van der Waals surface area contributed by atoms with Crippen molar-refractivity contribution < 1.29 is 14.0 Å². The molecule has 0 spiro atoms. The van der Waals surface area contributed by atoms with E-state index in [1.165, 1.54) is 10.4 Å². The zero-order valence-electron chi connectivity index (χ0n) is 16.1. The first-order chi connectivity index (χ1) is 12.3. The van der Waals surface area contributed by atoms with Gasteiger partial charge in [0.2, 0.25) is 0 Å². The van der Waals surface area contributed by atoms with Crippen molar-refractivity contribution in [2.24, 2.45) is 0 Å². The van der Waals surface area contributed by atoms with Crippen molar-refractivity contribution in [2.45, 2.75) is 57.8 Å². The minimum absolute atomic E-state index is 0.00397. The molecule has 1 fully saturated rings. The molecule has 0 amide bonds. The van der Waals surface area contributed by atoms with Gasteiger partial charge in [-0.05, 0) is 22.3 Å². The minimum atomic E-state index is -2.53. The molecule has 1 aliphatic heterocycles. The number of carbonyl (C=O) groups is 1. The third kappa shape index (κ3) is 3.62. The van der Waals surface area contributed by atoms with Crippen LogP contribution < -0.4 is 10.4 Å². The van der Waals surface area contributed by atoms with Crippen LogP contribution in [0.2, 0.25) is 5.04 Å². The Morgan fingerprint density at radius 3 is 1.88 bits per heavy atom. The molecule has 3 nitrogen and oxygen atoms in total. The number of hydrogen-bond acceptors (Lipinski definition) is 3. The fourth-order valence-electron chi connectivity index (χ4n) is 3.90. The topological polar surface area (TPSA) is 35.5 Å². The molecular weight excluding hydrogens is 340 g/mol. The molecule has 2 aromatic rings. The normalized spacial score (nSPS) is 18.8. The number of esters is 1. The van der Waals surface area contributed by atoms with E-state index in [9.17, 15) is 4.79 Å². The van der Waals surface area contributed by atoms with Gasteiger partial charge in [0.1, 0.15) is 6.10 Å². The lowest BCUT2D eigenvalue weighted by Gasteiger charge is -2.45. The molecule has 0 aliphatic carbocycles. The summed E-state index contributed by atoms with van der Waals surface area (Å²) in [4.78, 5) is 11.1. The van der Waals surface area contributed by atoms with E-state index < -0.39 is 8.32 Å². The van der Waals surface area contributed by atoms with Crippen molar-refractivity contribution in [2.75, 3.05) is 0 Å². The van der Waals surface area contributed by atoms with Crippen molar-refractivity contribution >= 4 is 24.7 Å². The van der Waals surface area contributed by atoms with Gasteiger partial charge in [0.15, 0.2) is 0 Å². The third-order valence-electron chi connectivity index (χ3n) is 5.08. The second kappa shape index (κ2) is 7.37. The molecule has 26 heavy (non-hydrogen) atoms. The van der Waals surface area contributed by atoms with Gasteiger partial charge in [0, 0.05) is 12.5 Å². The smallest absolute Gasteiger partial charge is 0.309 e. The first-order valence-electron chi connectivity index (χ1n) is 9.31. The maximum atomic E-state index is 11.1. The fraction of sp³-hybridized carbons (Fsp3) is 0.409. The largest absolute Gasteiger partial charge is 0.462 e. The van der Waals surface area contributed by atoms with Crippen molar-refractivity contribution in [1.82, 2.24) is 0 Å². The Kier molecular flexibility index (Phi) is 5.35. The van der Waals surface area contributed by atoms with E-state index in [-0.39, 0.29) is 23.2 Å². The summed E-state index contributed by atoms with van der Waals surface area (Å²) in [5, 5.41) is 2.51. The summed E-state index contributed by atoms with van der Waals surface area (Å²) >= 11 is 0. The predicted molar refractivity (Wildman–Crippen MR) is 107 cm³/mol. The van der Waals surface area contributed by atoms with E-state index in [2.05, 4.69) is 76.2 Å². The zero-order valence-corrected chi connectivity index (χ0v) is 17.1. The molecule has 0 N–H and O–H groups in total. The summed E-state index contributed by atoms with van der Waals surface area (Å²) in [6.45, 7) is 8.92. The molecule has 0 saturated carbocycles. The molecule has 1 saturated heterocycles. The van der Waals surface area contributed by atoms with E-state index in [1.54, 1.807) is 0 Å². The van der Waals surface area contributed by atoms with E-state index >= 15 is 0 Å². The van der Waals surface area contributed by atoms with Crippen LogP contribution in [-0.4, -0.2) is 26.5 Å². The van der Waals surface area contributed by atoms with Crippen LogP contribution >= 0.6 is 0 Å². The molecule has 0 bridgehead atoms. The van der Waals surface area contributed by atoms with Gasteiger partial charge in [-0.1, -0.05) is 81.4 Å². The standard InChI is InChI=1S/C22H28O3Si/c1-17(15-18-16-21(23)24-18)25-26(22(2,3)4,19-11-7-5-8-12-19)20-13-9-6-10-14-20/h5-14,17-18H,15-16H2,1-4H3/t17-,18-/m1/s1. The minimum Gasteiger partial charge on any atom is -0.462 e. The molecule has 0 unspecified atom stereocenters. The van der Waals surface area contributed by atoms with Crippen LogP contribution in [0.3, 0.4) is 0 Å². The lowest BCUT2D eigenvalue weighted by Crippen LogP contribution is -2.67. The van der Waals surface area contributed by atoms with E-state index in [0.29, 0.717) is 6.42 Å². The van der Waals surface area contributed by atoms with Gasteiger partial charge in [-0.15, -0.1) is 0 Å². The molecule has 2 aromatic carbocycles. The van der Waals surface area contributed by atoms with Gasteiger partial charge in [0.05, 0.1) is 6.42 Å². The second-order valence-corrected chi connectivity index (χ2v) is 12.4. The summed E-state index contributed by atoms with van der Waals surface area (Å²) < 4.78 is 12.2. The van der Waals surface area contributed by atoms with Gasteiger partial charge in [-0.2, -0.15) is 0 Å². The van der Waals surface area contributed by atoms with Crippen LogP contribution in [0.4, 0.5) is 0 Å². The van der Waals surface area contributed by atoms with Crippen LogP contribution in [0.15, 0.2) is 60.7 Å². The lowest BCUT2D eigenvalue weighted by molar-refractivity contribution is -0.171. The summed E-state index contributed by atoms with van der Waals surface area (Å²) in [7, 11) is -2.53. The van der Waals surface area contributed by atoms with Crippen molar-refractivity contribution in [3.8, 4) is 0 Å². The molecule has 3 rings (SSSR count). The van der Waals surface area contributed by atoms with Gasteiger partial charge in [0.25, 0.3) is 8.32 Å². The zero-order chi connectivity index (χ0) is 18.8. The van der Waals surface area contributed by atoms with Crippen LogP contribution in [0, 0.1) is 0 Å². The molecular formula is C22H28O3Si. The highest BCUT2D eigenvalue weighted by atomic mass is 28.4. The molecule has 138 valence electrons. The SMILES string of the molecule is C[C@H](C[C@@H]1CC(=O)O1)O[Si](c1ccccc1)(c1ccccc1)C(C)(C)C. The summed E-state index contributed by atoms with van der Waals surface area (Å²) in [5.41, 5.74) is 0. The Bertz CT molecular complexity index is 689. The second-order valence-electron chi connectivity index (χ2n) is 8.14.